The molecule has 3 rings (SSSR count). The van der Waals surface area contributed by atoms with E-state index in [2.05, 4.69) is 9.97 Å². The Hall–Kier alpha value is -1.93. The molecule has 8 heteroatoms. The number of pyridine rings is 1. The summed E-state index contributed by atoms with van der Waals surface area (Å²) < 4.78 is 29.2. The van der Waals surface area contributed by atoms with Crippen molar-refractivity contribution in [2.75, 3.05) is 0 Å². The van der Waals surface area contributed by atoms with E-state index in [1.165, 1.54) is 17.4 Å². The van der Waals surface area contributed by atoms with Crippen LogP contribution in [-0.2, 0) is 0 Å². The van der Waals surface area contributed by atoms with Gasteiger partial charge in [-0.3, -0.25) is 14.3 Å². The summed E-state index contributed by atoms with van der Waals surface area (Å²) in [6.07, 6.45) is -2.06. The predicted octanol–water partition coefficient (Wildman–Crippen LogP) is 5.40. The van der Waals surface area contributed by atoms with Gasteiger partial charge in [-0.2, -0.15) is 0 Å². The summed E-state index contributed by atoms with van der Waals surface area (Å²) >= 11 is 6.73. The molecule has 1 N–H and O–H groups in total. The lowest BCUT2D eigenvalue weighted by Gasteiger charge is -2.18. The summed E-state index contributed by atoms with van der Waals surface area (Å²) in [5, 5.41) is -0.0964. The summed E-state index contributed by atoms with van der Waals surface area (Å²) in [4.78, 5) is 21.2. The molecule has 0 aromatic carbocycles. The first-order valence-corrected chi connectivity index (χ1v) is 9.10. The minimum atomic E-state index is -2.78. The Kier molecular flexibility index (Phi) is 4.83. The number of nitrogens with one attached hydrogen (secondary N) is 1. The number of halogens is 2. The van der Waals surface area contributed by atoms with Crippen molar-refractivity contribution in [3.8, 4) is 10.6 Å². The second kappa shape index (κ2) is 6.76. The Balaban J connectivity index is 2.47. The fourth-order valence-corrected chi connectivity index (χ4v) is 3.92. The normalized spacial score (nSPS) is 12.9. The molecule has 0 spiro atoms. The lowest BCUT2D eigenvalue weighted by atomic mass is 10.1. The van der Waals surface area contributed by atoms with Crippen LogP contribution in [0.2, 0.25) is 0 Å². The molecule has 0 aliphatic rings. The number of H-pyrrole nitrogens is 1. The van der Waals surface area contributed by atoms with E-state index in [1.807, 2.05) is 32.9 Å². The van der Waals surface area contributed by atoms with Gasteiger partial charge in [0.1, 0.15) is 5.65 Å². The molecule has 132 valence electrons. The zero-order valence-corrected chi connectivity index (χ0v) is 15.6. The SMILES string of the molecule is CC[C@H](C)n1c(=S)[nH]c(=O)c2c(C(F)F)cc(-c3ccc(C)s3)nc21. The molecule has 25 heavy (non-hydrogen) atoms. The van der Waals surface area contributed by atoms with E-state index in [0.717, 1.165) is 16.2 Å². The highest BCUT2D eigenvalue weighted by atomic mass is 32.1. The van der Waals surface area contributed by atoms with Crippen LogP contribution in [0.4, 0.5) is 8.78 Å². The van der Waals surface area contributed by atoms with E-state index in [4.69, 9.17) is 12.2 Å². The molecule has 3 aromatic heterocycles. The maximum absolute atomic E-state index is 13.7. The van der Waals surface area contributed by atoms with Crippen molar-refractivity contribution in [3.05, 3.63) is 43.8 Å². The standard InChI is InChI=1S/C17H17F2N3OS2/c1-4-8(2)22-15-13(16(23)21-17(22)24)10(14(18)19)7-11(20-15)12-6-5-9(3)25-12/h5-8,14H,4H2,1-3H3,(H,21,23,24)/t8-/m0/s1. The number of hydrogen-bond acceptors (Lipinski definition) is 4. The maximum atomic E-state index is 13.7. The van der Waals surface area contributed by atoms with Crippen molar-refractivity contribution in [3.63, 3.8) is 0 Å². The van der Waals surface area contributed by atoms with Gasteiger partial charge >= 0.3 is 0 Å². The lowest BCUT2D eigenvalue weighted by Crippen LogP contribution is -2.19. The first-order valence-electron chi connectivity index (χ1n) is 7.87. The average molecular weight is 381 g/mol. The largest absolute Gasteiger partial charge is 0.300 e. The number of fused-ring (bicyclic) bond motifs is 1. The zero-order valence-electron chi connectivity index (χ0n) is 14.0. The Bertz CT molecular complexity index is 1050. The molecule has 4 nitrogen and oxygen atoms in total. The molecule has 0 amide bonds. The van der Waals surface area contributed by atoms with Crippen LogP contribution >= 0.6 is 23.6 Å². The Labute approximate surface area is 152 Å². The van der Waals surface area contributed by atoms with E-state index in [9.17, 15) is 13.6 Å². The molecule has 0 aliphatic heterocycles. The molecule has 0 fully saturated rings. The van der Waals surface area contributed by atoms with Crippen molar-refractivity contribution >= 4 is 34.6 Å². The predicted molar refractivity (Wildman–Crippen MR) is 99.2 cm³/mol. The van der Waals surface area contributed by atoms with Gasteiger partial charge in [0.15, 0.2) is 4.77 Å². The third-order valence-electron chi connectivity index (χ3n) is 4.18. The topological polar surface area (TPSA) is 50.7 Å². The molecule has 0 bridgehead atoms. The molecular weight excluding hydrogens is 364 g/mol. The van der Waals surface area contributed by atoms with Crippen LogP contribution in [0.15, 0.2) is 23.0 Å². The molecular formula is C17H17F2N3OS2. The minimum Gasteiger partial charge on any atom is -0.300 e. The fourth-order valence-electron chi connectivity index (χ4n) is 2.74. The van der Waals surface area contributed by atoms with Crippen LogP contribution in [0.5, 0.6) is 0 Å². The highest BCUT2D eigenvalue weighted by molar-refractivity contribution is 7.71. The molecule has 3 aromatic rings. The quantitative estimate of drug-likeness (QED) is 0.616. The van der Waals surface area contributed by atoms with Gasteiger partial charge in [0, 0.05) is 16.5 Å². The number of thiophene rings is 1. The summed E-state index contributed by atoms with van der Waals surface area (Å²) in [7, 11) is 0. The number of hydrogen-bond donors (Lipinski definition) is 1. The molecule has 0 radical (unpaired) electrons. The molecule has 0 aliphatic carbocycles. The number of aryl methyl sites for hydroxylation is 1. The third kappa shape index (κ3) is 3.16. The Morgan fingerprint density at radius 3 is 2.68 bits per heavy atom. The van der Waals surface area contributed by atoms with E-state index < -0.39 is 12.0 Å². The van der Waals surface area contributed by atoms with Crippen LogP contribution in [0.1, 0.15) is 43.2 Å². The first kappa shape index (κ1) is 17.9. The van der Waals surface area contributed by atoms with Crippen molar-refractivity contribution in [1.82, 2.24) is 14.5 Å². The van der Waals surface area contributed by atoms with E-state index >= 15 is 0 Å². The van der Waals surface area contributed by atoms with Crippen molar-refractivity contribution in [2.24, 2.45) is 0 Å². The number of rotatable bonds is 4. The van der Waals surface area contributed by atoms with Gasteiger partial charge in [-0.25, -0.2) is 13.8 Å². The van der Waals surface area contributed by atoms with Crippen LogP contribution < -0.4 is 5.56 Å². The van der Waals surface area contributed by atoms with Gasteiger partial charge in [0.25, 0.3) is 12.0 Å². The monoisotopic (exact) mass is 381 g/mol. The zero-order chi connectivity index (χ0) is 18.3. The van der Waals surface area contributed by atoms with E-state index in [-0.39, 0.29) is 27.4 Å². The first-order chi connectivity index (χ1) is 11.8. The van der Waals surface area contributed by atoms with Crippen molar-refractivity contribution < 1.29 is 8.78 Å². The Morgan fingerprint density at radius 2 is 2.12 bits per heavy atom. The highest BCUT2D eigenvalue weighted by Crippen LogP contribution is 2.33. The lowest BCUT2D eigenvalue weighted by molar-refractivity contribution is 0.153. The maximum Gasteiger partial charge on any atom is 0.264 e. The number of alkyl halides is 2. The van der Waals surface area contributed by atoms with Crippen molar-refractivity contribution in [2.45, 2.75) is 39.7 Å². The second-order valence-corrected chi connectivity index (χ2v) is 7.57. The van der Waals surface area contributed by atoms with Crippen LogP contribution in [0.3, 0.4) is 0 Å². The smallest absolute Gasteiger partial charge is 0.264 e. The van der Waals surface area contributed by atoms with Gasteiger partial charge in [-0.15, -0.1) is 11.3 Å². The van der Waals surface area contributed by atoms with E-state index in [1.54, 1.807) is 4.57 Å². The van der Waals surface area contributed by atoms with E-state index in [0.29, 0.717) is 5.69 Å². The Morgan fingerprint density at radius 1 is 1.40 bits per heavy atom. The number of aromatic amines is 1. The van der Waals surface area contributed by atoms with Crippen LogP contribution in [0, 0.1) is 11.7 Å². The molecule has 0 saturated heterocycles. The van der Waals surface area contributed by atoms with Crippen molar-refractivity contribution in [1.29, 1.82) is 0 Å². The van der Waals surface area contributed by atoms with Gasteiger partial charge < -0.3 is 0 Å². The summed E-state index contributed by atoms with van der Waals surface area (Å²) in [5.74, 6) is 0. The highest BCUT2D eigenvalue weighted by Gasteiger charge is 2.21. The van der Waals surface area contributed by atoms with Gasteiger partial charge in [-0.05, 0) is 50.7 Å². The van der Waals surface area contributed by atoms with Gasteiger partial charge in [-0.1, -0.05) is 6.92 Å². The van der Waals surface area contributed by atoms with Gasteiger partial charge in [0.05, 0.1) is 16.0 Å². The fraction of sp³-hybridized carbons (Fsp3) is 0.353. The second-order valence-electron chi connectivity index (χ2n) is 5.89. The summed E-state index contributed by atoms with van der Waals surface area (Å²) in [6.45, 7) is 5.82. The number of nitrogens with zero attached hydrogens (tertiary/aromatic N) is 2. The molecule has 0 unspecified atom stereocenters. The van der Waals surface area contributed by atoms with Crippen LogP contribution in [-0.4, -0.2) is 14.5 Å². The average Bonchev–Trinajstić information content (AvgIpc) is 2.99. The summed E-state index contributed by atoms with van der Waals surface area (Å²) in [6, 6.07) is 4.98. The number of aromatic nitrogens is 3. The summed E-state index contributed by atoms with van der Waals surface area (Å²) in [5.41, 5.74) is -0.310. The molecule has 1 atom stereocenters. The molecule has 0 saturated carbocycles. The van der Waals surface area contributed by atoms with Gasteiger partial charge in [0.2, 0.25) is 0 Å². The molecule has 3 heterocycles. The third-order valence-corrected chi connectivity index (χ3v) is 5.51. The van der Waals surface area contributed by atoms with Crippen LogP contribution in [0.25, 0.3) is 21.6 Å². The minimum absolute atomic E-state index is 0.0785.